The zero-order valence-corrected chi connectivity index (χ0v) is 13.1. The predicted molar refractivity (Wildman–Crippen MR) is 77.4 cm³/mol. The fourth-order valence-electron chi connectivity index (χ4n) is 1.73. The second kappa shape index (κ2) is 6.20. The molecule has 24 heavy (non-hydrogen) atoms. The number of hydrogen-bond donors (Lipinski definition) is 1. The van der Waals surface area contributed by atoms with Crippen LogP contribution >= 0.6 is 23.1 Å². The van der Waals surface area contributed by atoms with Gasteiger partial charge < -0.3 is 5.11 Å². The fraction of sp³-hybridized carbons (Fsp3) is 0.0833. The van der Waals surface area contributed by atoms with Crippen LogP contribution in [0.15, 0.2) is 39.8 Å². The summed E-state index contributed by atoms with van der Waals surface area (Å²) >= 11 is 1.18. The molecular weight excluding hydrogens is 367 g/mol. The van der Waals surface area contributed by atoms with Crippen LogP contribution in [0.5, 0.6) is 0 Å². The van der Waals surface area contributed by atoms with Crippen molar-refractivity contribution in [2.75, 3.05) is 0 Å². The predicted octanol–water partition coefficient (Wildman–Crippen LogP) is 2.99. The van der Waals surface area contributed by atoms with Gasteiger partial charge in [-0.1, -0.05) is 29.5 Å². The van der Waals surface area contributed by atoms with E-state index >= 15 is 0 Å². The number of alkyl halides is 3. The second-order valence-corrected chi connectivity index (χ2v) is 6.48. The van der Waals surface area contributed by atoms with Crippen LogP contribution in [-0.4, -0.2) is 36.3 Å². The Morgan fingerprint density at radius 3 is 2.54 bits per heavy atom. The number of carbonyl (C=O) groups is 1. The lowest BCUT2D eigenvalue weighted by Crippen LogP contribution is -2.11. The molecule has 0 aliphatic rings. The summed E-state index contributed by atoms with van der Waals surface area (Å²) in [5.41, 5.74) is -0.822. The number of aromatic carboxylic acids is 1. The first-order valence-electron chi connectivity index (χ1n) is 6.19. The first-order valence-corrected chi connectivity index (χ1v) is 7.82. The van der Waals surface area contributed by atoms with Gasteiger partial charge in [-0.05, 0) is 34.3 Å². The molecule has 0 radical (unpaired) electrons. The normalized spacial score (nSPS) is 11.6. The Hall–Kier alpha value is -2.47. The molecule has 0 atom stereocenters. The van der Waals surface area contributed by atoms with Crippen molar-refractivity contribution in [1.82, 2.24) is 25.2 Å². The monoisotopic (exact) mass is 373 g/mol. The molecule has 0 fully saturated rings. The standard InChI is InChI=1S/C12H6F3N5O2S2/c13-12(14,15)8-7(9(21)22)23-11(16-8)24-10-17-18-19-20(10)6-4-2-1-3-5-6/h1-5H,(H,21,22). The van der Waals surface area contributed by atoms with Gasteiger partial charge in [0.1, 0.15) is 4.88 Å². The van der Waals surface area contributed by atoms with E-state index in [-0.39, 0.29) is 9.50 Å². The number of nitrogens with zero attached hydrogens (tertiary/aromatic N) is 5. The Morgan fingerprint density at radius 2 is 1.96 bits per heavy atom. The molecule has 12 heteroatoms. The number of carboxylic acid groups (broad SMARTS) is 1. The van der Waals surface area contributed by atoms with Crippen LogP contribution in [0.2, 0.25) is 0 Å². The summed E-state index contributed by atoms with van der Waals surface area (Å²) in [5, 5.41) is 20.1. The first-order chi connectivity index (χ1) is 11.4. The number of tetrazole rings is 1. The average Bonchev–Trinajstić information content (AvgIpc) is 3.15. The molecule has 3 aromatic rings. The third-order valence-electron chi connectivity index (χ3n) is 2.69. The van der Waals surface area contributed by atoms with Crippen LogP contribution in [0, 0.1) is 0 Å². The van der Waals surface area contributed by atoms with E-state index in [1.807, 2.05) is 0 Å². The highest BCUT2D eigenvalue weighted by molar-refractivity contribution is 8.00. The molecule has 3 rings (SSSR count). The van der Waals surface area contributed by atoms with E-state index in [4.69, 9.17) is 5.11 Å². The number of aromatic nitrogens is 5. The van der Waals surface area contributed by atoms with E-state index in [2.05, 4.69) is 20.5 Å². The lowest BCUT2D eigenvalue weighted by atomic mass is 10.3. The van der Waals surface area contributed by atoms with Crippen LogP contribution in [-0.2, 0) is 6.18 Å². The van der Waals surface area contributed by atoms with Gasteiger partial charge in [0, 0.05) is 0 Å². The van der Waals surface area contributed by atoms with Crippen LogP contribution in [0.4, 0.5) is 13.2 Å². The molecule has 2 heterocycles. The molecule has 1 N–H and O–H groups in total. The highest BCUT2D eigenvalue weighted by Crippen LogP contribution is 2.39. The minimum Gasteiger partial charge on any atom is -0.477 e. The van der Waals surface area contributed by atoms with Crippen LogP contribution in [0.3, 0.4) is 0 Å². The third kappa shape index (κ3) is 3.23. The summed E-state index contributed by atoms with van der Waals surface area (Å²) in [6.45, 7) is 0. The number of para-hydroxylation sites is 1. The molecule has 2 aromatic heterocycles. The maximum atomic E-state index is 12.9. The van der Waals surface area contributed by atoms with Crippen molar-refractivity contribution < 1.29 is 23.1 Å². The highest BCUT2D eigenvalue weighted by atomic mass is 32.2. The van der Waals surface area contributed by atoms with Gasteiger partial charge in [0.15, 0.2) is 10.0 Å². The van der Waals surface area contributed by atoms with Crippen molar-refractivity contribution in [3.63, 3.8) is 0 Å². The smallest absolute Gasteiger partial charge is 0.435 e. The van der Waals surface area contributed by atoms with Gasteiger partial charge >= 0.3 is 12.1 Å². The summed E-state index contributed by atoms with van der Waals surface area (Å²) in [7, 11) is 0. The van der Waals surface area contributed by atoms with E-state index in [0.29, 0.717) is 17.0 Å². The maximum Gasteiger partial charge on any atom is 0.435 e. The number of hydrogen-bond acceptors (Lipinski definition) is 7. The molecule has 0 bridgehead atoms. The molecule has 7 nitrogen and oxygen atoms in total. The number of benzene rings is 1. The molecule has 0 unspecified atom stereocenters. The SMILES string of the molecule is O=C(O)c1sc(Sc2nnnn2-c2ccccc2)nc1C(F)(F)F. The van der Waals surface area contributed by atoms with E-state index in [1.54, 1.807) is 30.3 Å². The molecule has 0 aliphatic carbocycles. The fourth-order valence-corrected chi connectivity index (χ4v) is 3.63. The van der Waals surface area contributed by atoms with Crippen molar-refractivity contribution in [2.45, 2.75) is 15.7 Å². The van der Waals surface area contributed by atoms with E-state index in [1.165, 1.54) is 4.68 Å². The van der Waals surface area contributed by atoms with E-state index < -0.39 is 22.7 Å². The molecular formula is C12H6F3N5O2S2. The Labute approximate surface area is 140 Å². The number of rotatable bonds is 4. The number of thiazole rings is 1. The summed E-state index contributed by atoms with van der Waals surface area (Å²) in [5.74, 6) is -1.69. The lowest BCUT2D eigenvalue weighted by Gasteiger charge is -2.02. The molecule has 0 saturated carbocycles. The van der Waals surface area contributed by atoms with Crippen molar-refractivity contribution in [3.8, 4) is 5.69 Å². The van der Waals surface area contributed by atoms with Gasteiger partial charge in [-0.25, -0.2) is 9.78 Å². The van der Waals surface area contributed by atoms with Gasteiger partial charge in [0.2, 0.25) is 5.16 Å². The topological polar surface area (TPSA) is 93.8 Å². The second-order valence-electron chi connectivity index (χ2n) is 4.27. The lowest BCUT2D eigenvalue weighted by molar-refractivity contribution is -0.141. The number of carboxylic acids is 1. The Morgan fingerprint density at radius 1 is 1.25 bits per heavy atom. The molecule has 0 aliphatic heterocycles. The summed E-state index contributed by atoms with van der Waals surface area (Å²) in [4.78, 5) is 13.5. The molecule has 0 saturated heterocycles. The molecule has 124 valence electrons. The van der Waals surface area contributed by atoms with Crippen LogP contribution < -0.4 is 0 Å². The minimum absolute atomic E-state index is 0.119. The molecule has 1 aromatic carbocycles. The Kier molecular flexibility index (Phi) is 4.24. The van der Waals surface area contributed by atoms with Gasteiger partial charge in [-0.15, -0.1) is 5.10 Å². The van der Waals surface area contributed by atoms with Gasteiger partial charge in [-0.2, -0.15) is 17.9 Å². The van der Waals surface area contributed by atoms with Gasteiger partial charge in [0.05, 0.1) is 5.69 Å². The van der Waals surface area contributed by atoms with Crippen LogP contribution in [0.1, 0.15) is 15.4 Å². The molecule has 0 spiro atoms. The quantitative estimate of drug-likeness (QED) is 0.751. The van der Waals surface area contributed by atoms with Crippen molar-refractivity contribution >= 4 is 29.1 Å². The third-order valence-corrected chi connectivity index (χ3v) is 4.73. The zero-order valence-electron chi connectivity index (χ0n) is 11.4. The highest BCUT2D eigenvalue weighted by Gasteiger charge is 2.40. The number of halogens is 3. The van der Waals surface area contributed by atoms with E-state index in [9.17, 15) is 18.0 Å². The van der Waals surface area contributed by atoms with Crippen LogP contribution in [0.25, 0.3) is 5.69 Å². The van der Waals surface area contributed by atoms with Crippen molar-refractivity contribution in [2.24, 2.45) is 0 Å². The van der Waals surface area contributed by atoms with Gasteiger partial charge in [0.25, 0.3) is 0 Å². The van der Waals surface area contributed by atoms with E-state index in [0.717, 1.165) is 11.8 Å². The van der Waals surface area contributed by atoms with Crippen molar-refractivity contribution in [1.29, 1.82) is 0 Å². The molecule has 0 amide bonds. The summed E-state index contributed by atoms with van der Waals surface area (Å²) < 4.78 is 39.8. The van der Waals surface area contributed by atoms with Crippen molar-refractivity contribution in [3.05, 3.63) is 40.9 Å². The minimum atomic E-state index is -4.85. The van der Waals surface area contributed by atoms with Gasteiger partial charge in [-0.3, -0.25) is 0 Å². The largest absolute Gasteiger partial charge is 0.477 e. The summed E-state index contributed by atoms with van der Waals surface area (Å²) in [6, 6.07) is 8.71. The maximum absolute atomic E-state index is 12.9. The summed E-state index contributed by atoms with van der Waals surface area (Å²) in [6.07, 6.45) is -4.85. The Balaban J connectivity index is 1.96. The first kappa shape index (κ1) is 16.4. The Bertz CT molecular complexity index is 878. The zero-order chi connectivity index (χ0) is 17.3. The average molecular weight is 373 g/mol.